The zero-order valence-corrected chi connectivity index (χ0v) is 22.2. The lowest BCUT2D eigenvalue weighted by molar-refractivity contribution is 0.00517. The second kappa shape index (κ2) is 11.2. The minimum atomic E-state index is -1.25. The number of benzene rings is 4. The van der Waals surface area contributed by atoms with E-state index in [1.165, 1.54) is 0 Å². The highest BCUT2D eigenvalue weighted by atomic mass is 16.5. The number of aliphatic hydroxyl groups is 1. The van der Waals surface area contributed by atoms with Gasteiger partial charge in [-0.1, -0.05) is 103 Å². The van der Waals surface area contributed by atoms with Crippen LogP contribution < -0.4 is 4.74 Å². The Morgan fingerprint density at radius 1 is 0.816 bits per heavy atom. The van der Waals surface area contributed by atoms with Crippen LogP contribution in [-0.2, 0) is 5.60 Å². The first-order valence-corrected chi connectivity index (χ1v) is 13.0. The van der Waals surface area contributed by atoms with E-state index in [0.29, 0.717) is 18.8 Å². The average Bonchev–Trinajstić information content (AvgIpc) is 2.97. The second-order valence-electron chi connectivity index (χ2n) is 10.0. The van der Waals surface area contributed by atoms with E-state index in [1.807, 2.05) is 74.9 Å². The van der Waals surface area contributed by atoms with Gasteiger partial charge in [0.1, 0.15) is 5.60 Å². The first kappa shape index (κ1) is 25.7. The Morgan fingerprint density at radius 3 is 2.18 bits per heavy atom. The van der Waals surface area contributed by atoms with Crippen molar-refractivity contribution < 1.29 is 9.84 Å². The van der Waals surface area contributed by atoms with E-state index in [9.17, 15) is 5.11 Å². The summed E-state index contributed by atoms with van der Waals surface area (Å²) in [5, 5.41) is 15.2. The molecule has 4 heteroatoms. The molecule has 0 aliphatic rings. The summed E-state index contributed by atoms with van der Waals surface area (Å²) >= 11 is 0. The van der Waals surface area contributed by atoms with Crippen LogP contribution in [0.4, 0.5) is 0 Å². The van der Waals surface area contributed by atoms with Crippen LogP contribution in [-0.4, -0.2) is 42.7 Å². The zero-order chi connectivity index (χ0) is 26.5. The maximum atomic E-state index is 13.1. The van der Waals surface area contributed by atoms with Gasteiger partial charge in [-0.15, -0.1) is 0 Å². The molecule has 0 aliphatic carbocycles. The molecule has 0 radical (unpaired) electrons. The summed E-state index contributed by atoms with van der Waals surface area (Å²) in [6.07, 6.45) is 2.36. The maximum absolute atomic E-state index is 13.1. The van der Waals surface area contributed by atoms with Gasteiger partial charge in [0, 0.05) is 29.8 Å². The van der Waals surface area contributed by atoms with Crippen molar-refractivity contribution in [2.24, 2.45) is 0 Å². The van der Waals surface area contributed by atoms with Gasteiger partial charge in [0.05, 0.1) is 7.11 Å². The SMILES string of the molecule is COc1ncc(-c2ccccc2)cc1C(c1ccccc1)C(O)(CCN(C)C)c1cccc2ccccc12. The highest BCUT2D eigenvalue weighted by Gasteiger charge is 2.43. The van der Waals surface area contributed by atoms with E-state index >= 15 is 0 Å². The highest BCUT2D eigenvalue weighted by Crippen LogP contribution is 2.48. The topological polar surface area (TPSA) is 45.6 Å². The standard InChI is InChI=1S/C34H34N2O2/c1-36(2)22-21-34(37,31-20-12-18-26-15-10-11-19-29(26)31)32(27-16-8-5-9-17-27)30-23-28(24-35-33(30)38-3)25-13-6-4-7-14-25/h4-20,23-24,32,37H,21-22H2,1-3H3. The molecule has 1 aromatic heterocycles. The Bertz CT molecular complexity index is 1500. The number of rotatable bonds is 9. The monoisotopic (exact) mass is 502 g/mol. The Balaban J connectivity index is 1.81. The number of fused-ring (bicyclic) bond motifs is 1. The third-order valence-electron chi connectivity index (χ3n) is 7.30. The molecule has 4 nitrogen and oxygen atoms in total. The Hall–Kier alpha value is -3.99. The number of methoxy groups -OCH3 is 1. The van der Waals surface area contributed by atoms with Crippen molar-refractivity contribution in [3.05, 3.63) is 132 Å². The number of nitrogens with zero attached hydrogens (tertiary/aromatic N) is 2. The van der Waals surface area contributed by atoms with Crippen LogP contribution in [0.2, 0.25) is 0 Å². The zero-order valence-electron chi connectivity index (χ0n) is 22.2. The molecular weight excluding hydrogens is 468 g/mol. The molecule has 1 heterocycles. The summed E-state index contributed by atoms with van der Waals surface area (Å²) in [7, 11) is 5.73. The molecule has 0 saturated heterocycles. The number of ether oxygens (including phenoxy) is 1. The van der Waals surface area contributed by atoms with Gasteiger partial charge in [0.25, 0.3) is 0 Å². The van der Waals surface area contributed by atoms with Crippen LogP contribution in [0.15, 0.2) is 115 Å². The van der Waals surface area contributed by atoms with Gasteiger partial charge >= 0.3 is 0 Å². The number of hydrogen-bond donors (Lipinski definition) is 1. The second-order valence-corrected chi connectivity index (χ2v) is 10.0. The minimum absolute atomic E-state index is 0.430. The lowest BCUT2D eigenvalue weighted by atomic mass is 9.70. The Morgan fingerprint density at radius 2 is 1.47 bits per heavy atom. The number of pyridine rings is 1. The van der Waals surface area contributed by atoms with E-state index in [0.717, 1.165) is 38.6 Å². The van der Waals surface area contributed by atoms with Gasteiger partial charge in [0.15, 0.2) is 0 Å². The summed E-state index contributed by atoms with van der Waals surface area (Å²) in [5.74, 6) is 0.0858. The molecule has 2 atom stereocenters. The average molecular weight is 503 g/mol. The van der Waals surface area contributed by atoms with Crippen LogP contribution in [0, 0.1) is 0 Å². The highest BCUT2D eigenvalue weighted by molar-refractivity contribution is 5.86. The van der Waals surface area contributed by atoms with Crippen LogP contribution in [0.25, 0.3) is 21.9 Å². The predicted molar refractivity (Wildman–Crippen MR) is 156 cm³/mol. The normalized spacial score (nSPS) is 13.8. The van der Waals surface area contributed by atoms with Gasteiger partial charge in [-0.2, -0.15) is 0 Å². The molecule has 5 aromatic rings. The molecule has 38 heavy (non-hydrogen) atoms. The lowest BCUT2D eigenvalue weighted by Gasteiger charge is -2.39. The molecule has 5 rings (SSSR count). The first-order chi connectivity index (χ1) is 18.5. The smallest absolute Gasteiger partial charge is 0.217 e. The number of hydrogen-bond acceptors (Lipinski definition) is 4. The van der Waals surface area contributed by atoms with E-state index in [1.54, 1.807) is 7.11 Å². The van der Waals surface area contributed by atoms with Crippen molar-refractivity contribution in [1.82, 2.24) is 9.88 Å². The Kier molecular flexibility index (Phi) is 7.54. The molecule has 2 unspecified atom stereocenters. The summed E-state index contributed by atoms with van der Waals surface area (Å²) in [6.45, 7) is 0.706. The molecular formula is C34H34N2O2. The van der Waals surface area contributed by atoms with Gasteiger partial charge in [0.2, 0.25) is 5.88 Å². The summed E-state index contributed by atoms with van der Waals surface area (Å²) in [5.41, 5.74) is 3.56. The van der Waals surface area contributed by atoms with Gasteiger partial charge in [-0.05, 0) is 54.0 Å². The van der Waals surface area contributed by atoms with Crippen molar-refractivity contribution >= 4 is 10.8 Å². The fourth-order valence-corrected chi connectivity index (χ4v) is 5.42. The largest absolute Gasteiger partial charge is 0.481 e. The summed E-state index contributed by atoms with van der Waals surface area (Å²) < 4.78 is 5.85. The molecule has 0 aliphatic heterocycles. The quantitative estimate of drug-likeness (QED) is 0.239. The van der Waals surface area contributed by atoms with Crippen molar-refractivity contribution in [2.45, 2.75) is 17.9 Å². The van der Waals surface area contributed by atoms with Crippen molar-refractivity contribution in [3.8, 4) is 17.0 Å². The lowest BCUT2D eigenvalue weighted by Crippen LogP contribution is -2.38. The molecule has 1 N–H and O–H groups in total. The summed E-state index contributed by atoms with van der Waals surface area (Å²) in [4.78, 5) is 6.86. The fourth-order valence-electron chi connectivity index (χ4n) is 5.42. The maximum Gasteiger partial charge on any atom is 0.217 e. The van der Waals surface area contributed by atoms with Gasteiger partial charge in [-0.3, -0.25) is 0 Å². The van der Waals surface area contributed by atoms with Crippen molar-refractivity contribution in [2.75, 3.05) is 27.7 Å². The Labute approximate surface area is 225 Å². The third-order valence-corrected chi connectivity index (χ3v) is 7.30. The summed E-state index contributed by atoms with van der Waals surface area (Å²) in [6, 6.07) is 37.1. The van der Waals surface area contributed by atoms with E-state index in [4.69, 9.17) is 9.72 Å². The van der Waals surface area contributed by atoms with Crippen molar-refractivity contribution in [3.63, 3.8) is 0 Å². The minimum Gasteiger partial charge on any atom is -0.481 e. The van der Waals surface area contributed by atoms with E-state index < -0.39 is 11.5 Å². The molecule has 0 fully saturated rings. The molecule has 4 aromatic carbocycles. The first-order valence-electron chi connectivity index (χ1n) is 13.0. The van der Waals surface area contributed by atoms with Crippen LogP contribution in [0.5, 0.6) is 5.88 Å². The molecule has 0 bridgehead atoms. The number of aromatic nitrogens is 1. The molecule has 0 spiro atoms. The van der Waals surface area contributed by atoms with Crippen LogP contribution in [0.3, 0.4) is 0 Å². The predicted octanol–water partition coefficient (Wildman–Crippen LogP) is 6.88. The van der Waals surface area contributed by atoms with Gasteiger partial charge < -0.3 is 14.7 Å². The third kappa shape index (κ3) is 5.06. The fraction of sp³-hybridized carbons (Fsp3) is 0.206. The van der Waals surface area contributed by atoms with E-state index in [-0.39, 0.29) is 0 Å². The molecule has 192 valence electrons. The van der Waals surface area contributed by atoms with Crippen LogP contribution in [0.1, 0.15) is 29.0 Å². The molecule has 0 amide bonds. The van der Waals surface area contributed by atoms with Gasteiger partial charge in [-0.25, -0.2) is 4.98 Å². The van der Waals surface area contributed by atoms with Crippen molar-refractivity contribution in [1.29, 1.82) is 0 Å². The van der Waals surface area contributed by atoms with Crippen LogP contribution >= 0.6 is 0 Å². The van der Waals surface area contributed by atoms with E-state index in [2.05, 4.69) is 59.5 Å². The molecule has 0 saturated carbocycles.